The highest BCUT2D eigenvalue weighted by molar-refractivity contribution is 7.89. The van der Waals surface area contributed by atoms with Gasteiger partial charge in [-0.25, -0.2) is 17.5 Å². The average Bonchev–Trinajstić information content (AvgIpc) is 2.93. The number of likely N-dealkylation sites (N-methyl/N-ethyl adjacent to an activating group) is 1. The lowest BCUT2D eigenvalue weighted by Crippen LogP contribution is -2.41. The number of hydrogen-bond acceptors (Lipinski definition) is 5. The number of rotatable bonds is 11. The van der Waals surface area contributed by atoms with E-state index in [4.69, 9.17) is 4.74 Å². The van der Waals surface area contributed by atoms with Crippen molar-refractivity contribution in [1.82, 2.24) is 14.9 Å². The van der Waals surface area contributed by atoms with Gasteiger partial charge >= 0.3 is 0 Å². The van der Waals surface area contributed by atoms with Crippen molar-refractivity contribution in [3.63, 3.8) is 0 Å². The second kappa shape index (κ2) is 13.4. The van der Waals surface area contributed by atoms with Crippen LogP contribution in [0.15, 0.2) is 77.7 Å². The molecule has 40 heavy (non-hydrogen) atoms. The third-order valence-corrected chi connectivity index (χ3v) is 8.82. The van der Waals surface area contributed by atoms with Crippen LogP contribution in [0.25, 0.3) is 11.1 Å². The summed E-state index contributed by atoms with van der Waals surface area (Å²) >= 11 is 0. The van der Waals surface area contributed by atoms with Crippen LogP contribution in [0.4, 0.5) is 4.39 Å². The third-order valence-electron chi connectivity index (χ3n) is 7.29. The summed E-state index contributed by atoms with van der Waals surface area (Å²) in [6.07, 6.45) is 2.37. The molecule has 0 radical (unpaired) electrons. The fourth-order valence-electron chi connectivity index (χ4n) is 4.86. The Balaban J connectivity index is 1.29. The van der Waals surface area contributed by atoms with E-state index in [-0.39, 0.29) is 34.6 Å². The Morgan fingerprint density at radius 2 is 1.65 bits per heavy atom. The molecular weight excluding hydrogens is 529 g/mol. The largest absolute Gasteiger partial charge is 0.492 e. The molecule has 1 fully saturated rings. The van der Waals surface area contributed by atoms with Gasteiger partial charge in [-0.05, 0) is 99.8 Å². The molecule has 0 spiro atoms. The van der Waals surface area contributed by atoms with Gasteiger partial charge in [0.15, 0.2) is 0 Å². The molecule has 1 aliphatic rings. The van der Waals surface area contributed by atoms with Crippen LogP contribution >= 0.6 is 0 Å². The van der Waals surface area contributed by atoms with Crippen LogP contribution in [-0.2, 0) is 14.8 Å². The molecule has 0 aromatic heterocycles. The zero-order chi connectivity index (χ0) is 28.7. The lowest BCUT2D eigenvalue weighted by molar-refractivity contribution is -0.126. The van der Waals surface area contributed by atoms with Crippen molar-refractivity contribution in [2.24, 2.45) is 5.92 Å². The molecule has 214 valence electrons. The maximum absolute atomic E-state index is 13.2. The lowest BCUT2D eigenvalue weighted by atomic mass is 9.85. The Morgan fingerprint density at radius 3 is 2.30 bits per heavy atom. The first-order valence-corrected chi connectivity index (χ1v) is 15.2. The Hall–Kier alpha value is -3.27. The Morgan fingerprint density at radius 1 is 0.975 bits per heavy atom. The van der Waals surface area contributed by atoms with Gasteiger partial charge in [0.25, 0.3) is 0 Å². The van der Waals surface area contributed by atoms with Crippen LogP contribution in [-0.4, -0.2) is 52.5 Å². The highest BCUT2D eigenvalue weighted by Crippen LogP contribution is 2.28. The number of hydrogen-bond donors (Lipinski definition) is 2. The molecule has 4 rings (SSSR count). The molecule has 3 aromatic rings. The minimum atomic E-state index is -3.69. The summed E-state index contributed by atoms with van der Waals surface area (Å²) in [6.45, 7) is 3.27. The van der Waals surface area contributed by atoms with Crippen molar-refractivity contribution in [1.29, 1.82) is 0 Å². The van der Waals surface area contributed by atoms with Gasteiger partial charge in [-0.1, -0.05) is 36.4 Å². The van der Waals surface area contributed by atoms with Gasteiger partial charge < -0.3 is 15.0 Å². The number of halogens is 1. The smallest absolute Gasteiger partial charge is 0.240 e. The molecule has 3 aromatic carbocycles. The van der Waals surface area contributed by atoms with Gasteiger partial charge in [0.05, 0.1) is 10.9 Å². The van der Waals surface area contributed by atoms with E-state index in [1.165, 1.54) is 12.1 Å². The van der Waals surface area contributed by atoms with E-state index < -0.39 is 10.0 Å². The molecule has 1 amide bonds. The van der Waals surface area contributed by atoms with Crippen molar-refractivity contribution in [2.45, 2.75) is 49.6 Å². The van der Waals surface area contributed by atoms with Crippen LogP contribution in [0.1, 0.15) is 44.2 Å². The second-order valence-electron chi connectivity index (χ2n) is 10.7. The molecule has 0 aliphatic heterocycles. The molecule has 1 saturated carbocycles. The Kier molecular flexibility index (Phi) is 9.95. The van der Waals surface area contributed by atoms with Crippen LogP contribution in [0, 0.1) is 11.7 Å². The summed E-state index contributed by atoms with van der Waals surface area (Å²) in [6, 6.07) is 20.2. The van der Waals surface area contributed by atoms with Gasteiger partial charge in [0.2, 0.25) is 15.9 Å². The summed E-state index contributed by atoms with van der Waals surface area (Å²) in [4.78, 5) is 15.0. The molecule has 0 saturated heterocycles. The molecule has 1 aliphatic carbocycles. The van der Waals surface area contributed by atoms with Crippen LogP contribution in [0.2, 0.25) is 0 Å². The molecule has 7 nitrogen and oxygen atoms in total. The molecule has 2 N–H and O–H groups in total. The highest BCUT2D eigenvalue weighted by Gasteiger charge is 2.29. The van der Waals surface area contributed by atoms with Crippen molar-refractivity contribution in [3.8, 4) is 16.9 Å². The lowest BCUT2D eigenvalue weighted by Gasteiger charge is -2.29. The third kappa shape index (κ3) is 8.13. The van der Waals surface area contributed by atoms with E-state index in [0.717, 1.165) is 29.0 Å². The van der Waals surface area contributed by atoms with E-state index in [1.807, 2.05) is 45.3 Å². The maximum atomic E-state index is 13.2. The summed E-state index contributed by atoms with van der Waals surface area (Å²) in [5.74, 6) is 0.226. The fraction of sp³-hybridized carbons (Fsp3) is 0.387. The van der Waals surface area contributed by atoms with Crippen molar-refractivity contribution in [2.75, 3.05) is 27.2 Å². The first-order valence-electron chi connectivity index (χ1n) is 13.7. The molecule has 0 heterocycles. The van der Waals surface area contributed by atoms with Gasteiger partial charge in [-0.15, -0.1) is 0 Å². The maximum Gasteiger partial charge on any atom is 0.240 e. The minimum Gasteiger partial charge on any atom is -0.492 e. The standard InChI is InChI=1S/C31H38FN3O4S/c1-22(23-7-13-27(32)14-8-23)33-31(36)25-9-15-28(16-10-25)34-40(37,38)30-17-11-24(12-18-30)26-5-4-6-29(21-26)39-20-19-35(2)3/h4-8,11-14,17-18,21-22,25,28,34H,9-10,15-16,19-20H2,1-3H3,(H,33,36)/t22-,25?,28?/m1/s1. The normalized spacial score (nSPS) is 18.3. The topological polar surface area (TPSA) is 87.7 Å². The van der Waals surface area contributed by atoms with E-state index in [0.29, 0.717) is 32.3 Å². The van der Waals surface area contributed by atoms with E-state index in [9.17, 15) is 17.6 Å². The molecular formula is C31H38FN3O4S. The Bertz CT molecular complexity index is 1370. The van der Waals surface area contributed by atoms with Gasteiger partial charge in [0, 0.05) is 18.5 Å². The number of ether oxygens (including phenoxy) is 1. The number of sulfonamides is 1. The summed E-state index contributed by atoms with van der Waals surface area (Å²) in [5, 5.41) is 3.00. The quantitative estimate of drug-likeness (QED) is 0.335. The molecule has 1 atom stereocenters. The van der Waals surface area contributed by atoms with E-state index in [2.05, 4.69) is 14.9 Å². The van der Waals surface area contributed by atoms with Crippen molar-refractivity contribution in [3.05, 3.63) is 84.2 Å². The number of nitrogens with zero attached hydrogens (tertiary/aromatic N) is 1. The molecule has 0 bridgehead atoms. The SMILES string of the molecule is C[C@@H](NC(=O)C1CCC(NS(=O)(=O)c2ccc(-c3cccc(OCCN(C)C)c3)cc2)CC1)c1ccc(F)cc1. The summed E-state index contributed by atoms with van der Waals surface area (Å²) in [7, 11) is 0.294. The predicted molar refractivity (Wildman–Crippen MR) is 155 cm³/mol. The van der Waals surface area contributed by atoms with Crippen LogP contribution < -0.4 is 14.8 Å². The highest BCUT2D eigenvalue weighted by atomic mass is 32.2. The summed E-state index contributed by atoms with van der Waals surface area (Å²) in [5.41, 5.74) is 2.69. The zero-order valence-corrected chi connectivity index (χ0v) is 24.1. The molecule has 9 heteroatoms. The van der Waals surface area contributed by atoms with Crippen molar-refractivity contribution >= 4 is 15.9 Å². The average molecular weight is 568 g/mol. The first kappa shape index (κ1) is 29.7. The van der Waals surface area contributed by atoms with Crippen LogP contribution in [0.5, 0.6) is 5.75 Å². The number of amides is 1. The Labute approximate surface area is 236 Å². The monoisotopic (exact) mass is 567 g/mol. The predicted octanol–water partition coefficient (Wildman–Crippen LogP) is 5.15. The first-order chi connectivity index (χ1) is 19.1. The molecule has 0 unspecified atom stereocenters. The number of carbonyl (C=O) groups excluding carboxylic acids is 1. The number of nitrogens with one attached hydrogen (secondary N) is 2. The van der Waals surface area contributed by atoms with Gasteiger partial charge in [0.1, 0.15) is 18.2 Å². The van der Waals surface area contributed by atoms with E-state index >= 15 is 0 Å². The second-order valence-corrected chi connectivity index (χ2v) is 12.4. The van der Waals surface area contributed by atoms with Gasteiger partial charge in [-0.3, -0.25) is 4.79 Å². The van der Waals surface area contributed by atoms with Crippen molar-refractivity contribution < 1.29 is 22.3 Å². The van der Waals surface area contributed by atoms with Gasteiger partial charge in [-0.2, -0.15) is 0 Å². The summed E-state index contributed by atoms with van der Waals surface area (Å²) < 4.78 is 48.0. The number of carbonyl (C=O) groups is 1. The zero-order valence-electron chi connectivity index (χ0n) is 23.3. The van der Waals surface area contributed by atoms with E-state index in [1.54, 1.807) is 36.4 Å². The minimum absolute atomic E-state index is 0.0547. The van der Waals surface area contributed by atoms with Crippen LogP contribution in [0.3, 0.4) is 0 Å². The number of benzene rings is 3. The fourth-order valence-corrected chi connectivity index (χ4v) is 6.17.